The molecule has 0 amide bonds. The summed E-state index contributed by atoms with van der Waals surface area (Å²) in [6, 6.07) is 12.9. The highest BCUT2D eigenvalue weighted by molar-refractivity contribution is 9.10. The normalized spacial score (nSPS) is 13.0. The molecule has 1 unspecified atom stereocenters. The number of hydrogen-bond donors (Lipinski definition) is 1. The summed E-state index contributed by atoms with van der Waals surface area (Å²) in [5.74, 6) is -1.20. The first kappa shape index (κ1) is 18.6. The molecule has 2 rings (SSSR count). The lowest BCUT2D eigenvalue weighted by Crippen LogP contribution is -2.37. The van der Waals surface area contributed by atoms with E-state index in [4.69, 9.17) is 0 Å². The predicted octanol–water partition coefficient (Wildman–Crippen LogP) is 3.59. The minimum atomic E-state index is -3.94. The van der Waals surface area contributed by atoms with Crippen molar-refractivity contribution in [3.8, 4) is 0 Å². The van der Waals surface area contributed by atoms with Gasteiger partial charge in [-0.1, -0.05) is 45.8 Å². The van der Waals surface area contributed by atoms with Crippen molar-refractivity contribution in [2.75, 3.05) is 6.54 Å². The van der Waals surface area contributed by atoms with Crippen LogP contribution in [0.5, 0.6) is 0 Å². The zero-order valence-corrected chi connectivity index (χ0v) is 15.7. The van der Waals surface area contributed by atoms with Crippen LogP contribution in [-0.4, -0.2) is 30.3 Å². The Kier molecular flexibility index (Phi) is 5.79. The van der Waals surface area contributed by atoms with Gasteiger partial charge in [-0.05, 0) is 43.7 Å². The number of carboxylic acids is 1. The Morgan fingerprint density at radius 3 is 2.38 bits per heavy atom. The van der Waals surface area contributed by atoms with Gasteiger partial charge in [0.15, 0.2) is 0 Å². The number of halogens is 1. The molecule has 0 aliphatic heterocycles. The van der Waals surface area contributed by atoms with Crippen LogP contribution in [-0.2, 0) is 14.8 Å². The van der Waals surface area contributed by atoms with E-state index in [-0.39, 0.29) is 4.90 Å². The largest absolute Gasteiger partial charge is 0.480 e. The Balaban J connectivity index is 2.47. The first-order valence-electron chi connectivity index (χ1n) is 7.27. The quantitative estimate of drug-likeness (QED) is 0.787. The predicted molar refractivity (Wildman–Crippen MR) is 95.3 cm³/mol. The maximum absolute atomic E-state index is 12.9. The van der Waals surface area contributed by atoms with E-state index in [9.17, 15) is 18.3 Å². The minimum absolute atomic E-state index is 0.0798. The number of benzene rings is 2. The molecular formula is C17H18BrNO4S. The van der Waals surface area contributed by atoms with Crippen LogP contribution in [0.25, 0.3) is 0 Å². The fourth-order valence-electron chi connectivity index (χ4n) is 2.34. The van der Waals surface area contributed by atoms with Crippen molar-refractivity contribution in [3.63, 3.8) is 0 Å². The molecule has 0 radical (unpaired) electrons. The van der Waals surface area contributed by atoms with Crippen LogP contribution in [0.15, 0.2) is 57.9 Å². The highest BCUT2D eigenvalue weighted by Crippen LogP contribution is 2.28. The summed E-state index contributed by atoms with van der Waals surface area (Å²) in [4.78, 5) is 11.3. The molecule has 0 fully saturated rings. The molecule has 0 saturated carbocycles. The smallest absolute Gasteiger partial charge is 0.318 e. The van der Waals surface area contributed by atoms with E-state index >= 15 is 0 Å². The third-order valence-corrected chi connectivity index (χ3v) is 6.11. The SMILES string of the molecule is Cc1ccc(S(=O)(=O)N(CC(=O)O)C(C)c2cccc(Br)c2)cc1. The van der Waals surface area contributed by atoms with E-state index < -0.39 is 28.6 Å². The van der Waals surface area contributed by atoms with E-state index in [0.29, 0.717) is 5.56 Å². The Labute approximate surface area is 150 Å². The van der Waals surface area contributed by atoms with Gasteiger partial charge >= 0.3 is 5.97 Å². The summed E-state index contributed by atoms with van der Waals surface area (Å²) in [5.41, 5.74) is 1.64. The number of sulfonamides is 1. The second-order valence-corrected chi connectivity index (χ2v) is 8.29. The Morgan fingerprint density at radius 2 is 1.83 bits per heavy atom. The van der Waals surface area contributed by atoms with Crippen molar-refractivity contribution >= 4 is 31.9 Å². The maximum atomic E-state index is 12.9. The standard InChI is InChI=1S/C17H18BrNO4S/c1-12-6-8-16(9-7-12)24(22,23)19(11-17(20)21)13(2)14-4-3-5-15(18)10-14/h3-10,13H,11H2,1-2H3,(H,20,21). The van der Waals surface area contributed by atoms with Crippen LogP contribution in [0.4, 0.5) is 0 Å². The summed E-state index contributed by atoms with van der Waals surface area (Å²) in [7, 11) is -3.94. The molecule has 1 N–H and O–H groups in total. The van der Waals surface area contributed by atoms with Crippen molar-refractivity contribution in [2.24, 2.45) is 0 Å². The van der Waals surface area contributed by atoms with Gasteiger partial charge in [-0.3, -0.25) is 4.79 Å². The van der Waals surface area contributed by atoms with Gasteiger partial charge in [-0.25, -0.2) is 8.42 Å². The number of carboxylic acid groups (broad SMARTS) is 1. The average molecular weight is 412 g/mol. The van der Waals surface area contributed by atoms with Crippen molar-refractivity contribution in [2.45, 2.75) is 24.8 Å². The second kappa shape index (κ2) is 7.46. The van der Waals surface area contributed by atoms with Gasteiger partial charge < -0.3 is 5.11 Å². The van der Waals surface area contributed by atoms with Crippen molar-refractivity contribution in [1.82, 2.24) is 4.31 Å². The number of rotatable bonds is 6. The van der Waals surface area contributed by atoms with Crippen molar-refractivity contribution in [3.05, 3.63) is 64.1 Å². The second-order valence-electron chi connectivity index (χ2n) is 5.49. The number of hydrogen-bond acceptors (Lipinski definition) is 3. The molecule has 0 aromatic heterocycles. The van der Waals surface area contributed by atoms with Gasteiger partial charge in [0.1, 0.15) is 6.54 Å². The molecule has 0 bridgehead atoms. The molecule has 0 aliphatic carbocycles. The van der Waals surface area contributed by atoms with E-state index in [2.05, 4.69) is 15.9 Å². The molecule has 2 aromatic carbocycles. The summed E-state index contributed by atoms with van der Waals surface area (Å²) in [6.07, 6.45) is 0. The molecule has 128 valence electrons. The Hall–Kier alpha value is -1.70. The highest BCUT2D eigenvalue weighted by atomic mass is 79.9. The topological polar surface area (TPSA) is 74.7 Å². The third-order valence-electron chi connectivity index (χ3n) is 3.68. The molecule has 5 nitrogen and oxygen atoms in total. The maximum Gasteiger partial charge on any atom is 0.318 e. The van der Waals surface area contributed by atoms with Crippen molar-refractivity contribution in [1.29, 1.82) is 0 Å². The third kappa shape index (κ3) is 4.23. The molecule has 2 aromatic rings. The lowest BCUT2D eigenvalue weighted by molar-refractivity contribution is -0.137. The zero-order chi connectivity index (χ0) is 17.9. The number of nitrogens with zero attached hydrogens (tertiary/aromatic N) is 1. The fraction of sp³-hybridized carbons (Fsp3) is 0.235. The molecular weight excluding hydrogens is 394 g/mol. The van der Waals surface area contributed by atoms with E-state index in [1.165, 1.54) is 12.1 Å². The van der Waals surface area contributed by atoms with Crippen LogP contribution in [0.3, 0.4) is 0 Å². The fourth-order valence-corrected chi connectivity index (χ4v) is 4.33. The number of carbonyl (C=O) groups is 1. The summed E-state index contributed by atoms with van der Waals surface area (Å²) in [5, 5.41) is 9.17. The summed E-state index contributed by atoms with van der Waals surface area (Å²) < 4.78 is 27.7. The average Bonchev–Trinajstić information content (AvgIpc) is 2.52. The molecule has 0 aliphatic rings. The van der Waals surface area contributed by atoms with E-state index in [1.807, 2.05) is 13.0 Å². The summed E-state index contributed by atoms with van der Waals surface area (Å²) >= 11 is 3.35. The van der Waals surface area contributed by atoms with Crippen LogP contribution in [0.1, 0.15) is 24.1 Å². The van der Waals surface area contributed by atoms with Crippen molar-refractivity contribution < 1.29 is 18.3 Å². The van der Waals surface area contributed by atoms with Gasteiger partial charge in [0.25, 0.3) is 0 Å². The molecule has 0 spiro atoms. The lowest BCUT2D eigenvalue weighted by Gasteiger charge is -2.27. The van der Waals surface area contributed by atoms with Crippen LogP contribution in [0.2, 0.25) is 0 Å². The molecule has 24 heavy (non-hydrogen) atoms. The number of aliphatic carboxylic acids is 1. The summed E-state index contributed by atoms with van der Waals surface area (Å²) in [6.45, 7) is 2.93. The Morgan fingerprint density at radius 1 is 1.21 bits per heavy atom. The van der Waals surface area contributed by atoms with E-state index in [0.717, 1.165) is 14.3 Å². The lowest BCUT2D eigenvalue weighted by atomic mass is 10.1. The van der Waals surface area contributed by atoms with E-state index in [1.54, 1.807) is 37.3 Å². The monoisotopic (exact) mass is 411 g/mol. The van der Waals surface area contributed by atoms with Gasteiger partial charge in [0, 0.05) is 10.5 Å². The first-order chi connectivity index (χ1) is 11.2. The van der Waals surface area contributed by atoms with Crippen LogP contribution < -0.4 is 0 Å². The first-order valence-corrected chi connectivity index (χ1v) is 9.51. The highest BCUT2D eigenvalue weighted by Gasteiger charge is 2.31. The van der Waals surface area contributed by atoms with Gasteiger partial charge in [-0.2, -0.15) is 4.31 Å². The Bertz CT molecular complexity index is 834. The molecule has 0 heterocycles. The number of aryl methyl sites for hydroxylation is 1. The van der Waals surface area contributed by atoms with Gasteiger partial charge in [0.2, 0.25) is 10.0 Å². The molecule has 7 heteroatoms. The molecule has 0 saturated heterocycles. The van der Waals surface area contributed by atoms with Gasteiger partial charge in [-0.15, -0.1) is 0 Å². The zero-order valence-electron chi connectivity index (χ0n) is 13.3. The van der Waals surface area contributed by atoms with Crippen LogP contribution in [0, 0.1) is 6.92 Å². The molecule has 1 atom stereocenters. The van der Waals surface area contributed by atoms with Crippen LogP contribution >= 0.6 is 15.9 Å². The minimum Gasteiger partial charge on any atom is -0.480 e. The van der Waals surface area contributed by atoms with Gasteiger partial charge in [0.05, 0.1) is 4.90 Å².